The summed E-state index contributed by atoms with van der Waals surface area (Å²) in [6.45, 7) is 10.0. The van der Waals surface area contributed by atoms with Crippen molar-refractivity contribution in [1.82, 2.24) is 19.4 Å². The molecule has 0 spiro atoms. The minimum atomic E-state index is -0.289. The zero-order valence-corrected chi connectivity index (χ0v) is 22.1. The summed E-state index contributed by atoms with van der Waals surface area (Å²) in [7, 11) is 0. The quantitative estimate of drug-likeness (QED) is 0.572. The minimum Gasteiger partial charge on any atom is -0.393 e. The van der Waals surface area contributed by atoms with Gasteiger partial charge in [0.2, 0.25) is 5.91 Å². The number of aliphatic hydroxyl groups excluding tert-OH is 1. The lowest BCUT2D eigenvalue weighted by atomic mass is 9.81. The molecule has 3 aromatic rings. The zero-order chi connectivity index (χ0) is 25.5. The molecule has 3 fully saturated rings. The van der Waals surface area contributed by atoms with Crippen molar-refractivity contribution in [3.63, 3.8) is 0 Å². The molecule has 0 unspecified atom stereocenters. The number of fused-ring (bicyclic) bond motifs is 1. The summed E-state index contributed by atoms with van der Waals surface area (Å²) in [5.74, 6) is 0.843. The van der Waals surface area contributed by atoms with Gasteiger partial charge in [-0.1, -0.05) is 24.3 Å². The largest absolute Gasteiger partial charge is 0.393 e. The molecule has 196 valence electrons. The second kappa shape index (κ2) is 10.1. The van der Waals surface area contributed by atoms with Gasteiger partial charge in [0, 0.05) is 62.6 Å². The number of hydrogen-bond donors (Lipinski definition) is 1. The molecule has 6 rings (SSSR count). The number of nitrogens with zero attached hydrogens (tertiary/aromatic N) is 5. The van der Waals surface area contributed by atoms with E-state index in [2.05, 4.69) is 71.3 Å². The van der Waals surface area contributed by atoms with Gasteiger partial charge in [0.15, 0.2) is 0 Å². The smallest absolute Gasteiger partial charge is 0.226 e. The second-order valence-electron chi connectivity index (χ2n) is 11.5. The number of rotatable bonds is 5. The number of likely N-dealkylation sites (tertiary alicyclic amines) is 1. The highest BCUT2D eigenvalue weighted by molar-refractivity contribution is 5.82. The van der Waals surface area contributed by atoms with E-state index in [0.717, 1.165) is 38.2 Å². The fourth-order valence-electron chi connectivity index (χ4n) is 6.34. The highest BCUT2D eigenvalue weighted by atomic mass is 16.3. The van der Waals surface area contributed by atoms with E-state index in [9.17, 15) is 9.90 Å². The first-order valence-corrected chi connectivity index (χ1v) is 14.0. The number of carbonyl (C=O) groups is 1. The van der Waals surface area contributed by atoms with Crippen LogP contribution in [0.15, 0.2) is 48.8 Å². The van der Waals surface area contributed by atoms with E-state index in [-0.39, 0.29) is 17.9 Å². The van der Waals surface area contributed by atoms with Gasteiger partial charge < -0.3 is 19.8 Å². The van der Waals surface area contributed by atoms with Crippen molar-refractivity contribution >= 4 is 17.1 Å². The van der Waals surface area contributed by atoms with E-state index >= 15 is 0 Å². The summed E-state index contributed by atoms with van der Waals surface area (Å²) < 4.78 is 1.98. The maximum atomic E-state index is 12.7. The Labute approximate surface area is 219 Å². The van der Waals surface area contributed by atoms with E-state index in [4.69, 9.17) is 0 Å². The molecule has 2 aliphatic heterocycles. The third-order valence-electron chi connectivity index (χ3n) is 8.78. The Bertz CT molecular complexity index is 1240. The Balaban J connectivity index is 1.15. The lowest BCUT2D eigenvalue weighted by Gasteiger charge is -2.40. The molecule has 3 aliphatic rings. The van der Waals surface area contributed by atoms with Crippen LogP contribution in [0.1, 0.15) is 51.0 Å². The third kappa shape index (κ3) is 4.87. The van der Waals surface area contributed by atoms with E-state index in [1.807, 2.05) is 15.6 Å². The molecule has 1 saturated carbocycles. The number of anilines is 1. The van der Waals surface area contributed by atoms with Gasteiger partial charge in [0.1, 0.15) is 0 Å². The van der Waals surface area contributed by atoms with Crippen molar-refractivity contribution in [2.75, 3.05) is 44.2 Å². The summed E-state index contributed by atoms with van der Waals surface area (Å²) in [4.78, 5) is 19.6. The predicted molar refractivity (Wildman–Crippen MR) is 147 cm³/mol. The summed E-state index contributed by atoms with van der Waals surface area (Å²) in [6.07, 6.45) is 7.48. The highest BCUT2D eigenvalue weighted by Crippen LogP contribution is 2.33. The number of piperidine rings is 1. The van der Waals surface area contributed by atoms with Crippen LogP contribution >= 0.6 is 0 Å². The van der Waals surface area contributed by atoms with Crippen LogP contribution in [-0.4, -0.2) is 81.8 Å². The van der Waals surface area contributed by atoms with Crippen LogP contribution in [0, 0.1) is 5.92 Å². The molecule has 0 radical (unpaired) electrons. The molecule has 2 saturated heterocycles. The summed E-state index contributed by atoms with van der Waals surface area (Å²) in [6, 6.07) is 14.1. The normalized spacial score (nSPS) is 25.0. The number of amides is 1. The van der Waals surface area contributed by atoms with Gasteiger partial charge in [0.25, 0.3) is 0 Å². The van der Waals surface area contributed by atoms with Gasteiger partial charge in [0.05, 0.1) is 17.3 Å². The number of piperazine rings is 1. The minimum absolute atomic E-state index is 0.0148. The first-order valence-electron chi connectivity index (χ1n) is 14.0. The van der Waals surface area contributed by atoms with Crippen molar-refractivity contribution in [2.45, 2.75) is 57.6 Å². The SMILES string of the molecule is CC(C)N1CCC[C@H](c2ccc(-c3cc4c(N5CCN(C(=O)[C@H]6C[C@H](O)C6)CC5)ccnn4c3)cc2)C1. The van der Waals surface area contributed by atoms with Gasteiger partial charge in [-0.15, -0.1) is 0 Å². The monoisotopic (exact) mass is 501 g/mol. The van der Waals surface area contributed by atoms with Crippen LogP contribution in [0.5, 0.6) is 0 Å². The Hall–Kier alpha value is -2.90. The van der Waals surface area contributed by atoms with Gasteiger partial charge in [-0.3, -0.25) is 4.79 Å². The maximum absolute atomic E-state index is 12.7. The van der Waals surface area contributed by atoms with Crippen LogP contribution in [0.3, 0.4) is 0 Å². The van der Waals surface area contributed by atoms with E-state index in [1.54, 1.807) is 0 Å². The van der Waals surface area contributed by atoms with Crippen molar-refractivity contribution in [2.24, 2.45) is 5.92 Å². The average molecular weight is 502 g/mol. The molecule has 1 N–H and O–H groups in total. The molecule has 2 aromatic heterocycles. The summed E-state index contributed by atoms with van der Waals surface area (Å²) in [5.41, 5.74) is 6.11. The molecule has 1 aliphatic carbocycles. The lowest BCUT2D eigenvalue weighted by Crippen LogP contribution is -2.52. The first kappa shape index (κ1) is 24.4. The zero-order valence-electron chi connectivity index (χ0n) is 22.1. The van der Waals surface area contributed by atoms with Gasteiger partial charge >= 0.3 is 0 Å². The van der Waals surface area contributed by atoms with Crippen molar-refractivity contribution < 1.29 is 9.90 Å². The van der Waals surface area contributed by atoms with Crippen molar-refractivity contribution in [3.05, 3.63) is 54.4 Å². The molecule has 1 amide bonds. The van der Waals surface area contributed by atoms with E-state index in [1.165, 1.54) is 41.8 Å². The van der Waals surface area contributed by atoms with Crippen LogP contribution in [0.4, 0.5) is 5.69 Å². The van der Waals surface area contributed by atoms with Gasteiger partial charge in [-0.25, -0.2) is 4.52 Å². The van der Waals surface area contributed by atoms with Crippen molar-refractivity contribution in [1.29, 1.82) is 0 Å². The number of aromatic nitrogens is 2. The Morgan fingerprint density at radius 2 is 1.76 bits per heavy atom. The van der Waals surface area contributed by atoms with Gasteiger partial charge in [-0.2, -0.15) is 5.10 Å². The molecular weight excluding hydrogens is 462 g/mol. The number of hydrogen-bond acceptors (Lipinski definition) is 5. The molecule has 37 heavy (non-hydrogen) atoms. The van der Waals surface area contributed by atoms with Crippen LogP contribution < -0.4 is 4.90 Å². The highest BCUT2D eigenvalue weighted by Gasteiger charge is 2.36. The second-order valence-corrected chi connectivity index (χ2v) is 11.5. The van der Waals surface area contributed by atoms with E-state index in [0.29, 0.717) is 24.8 Å². The molecule has 7 nitrogen and oxygen atoms in total. The van der Waals surface area contributed by atoms with Crippen LogP contribution in [-0.2, 0) is 4.79 Å². The first-order chi connectivity index (χ1) is 18.0. The maximum Gasteiger partial charge on any atom is 0.226 e. The van der Waals surface area contributed by atoms with Gasteiger partial charge in [-0.05, 0) is 75.3 Å². The molecule has 4 heterocycles. The third-order valence-corrected chi connectivity index (χ3v) is 8.78. The molecule has 1 atom stereocenters. The Morgan fingerprint density at radius 3 is 2.46 bits per heavy atom. The summed E-state index contributed by atoms with van der Waals surface area (Å²) >= 11 is 0. The predicted octanol–water partition coefficient (Wildman–Crippen LogP) is 4.01. The molecule has 0 bridgehead atoms. The fraction of sp³-hybridized carbons (Fsp3) is 0.533. The number of carbonyl (C=O) groups excluding carboxylic acids is 1. The molecular formula is C30H39N5O2. The standard InChI is InChI=1S/C30H39N5O2/c1-21(2)34-11-3-4-24(19-34)22-5-7-23(8-6-22)26-18-29-28(9-10-31-35(29)20-26)32-12-14-33(15-13-32)30(37)25-16-27(36)17-25/h5-10,18,20-21,24-25,27,36H,3-4,11-17,19H2,1-2H3/t24-,25-,27-/m0/s1. The topological polar surface area (TPSA) is 64.3 Å². The Morgan fingerprint density at radius 1 is 1.00 bits per heavy atom. The Kier molecular flexibility index (Phi) is 6.67. The molecule has 1 aromatic carbocycles. The summed E-state index contributed by atoms with van der Waals surface area (Å²) in [5, 5.41) is 14.1. The van der Waals surface area contributed by atoms with Crippen LogP contribution in [0.2, 0.25) is 0 Å². The van der Waals surface area contributed by atoms with E-state index < -0.39 is 0 Å². The average Bonchev–Trinajstić information content (AvgIpc) is 3.36. The van der Waals surface area contributed by atoms with Crippen molar-refractivity contribution in [3.8, 4) is 11.1 Å². The number of benzene rings is 1. The fourth-order valence-corrected chi connectivity index (χ4v) is 6.34. The molecule has 7 heteroatoms. The lowest BCUT2D eigenvalue weighted by molar-refractivity contribution is -0.142. The van der Waals surface area contributed by atoms with Crippen LogP contribution in [0.25, 0.3) is 16.6 Å². The number of aliphatic hydroxyl groups is 1.